The van der Waals surface area contributed by atoms with E-state index in [1.54, 1.807) is 24.3 Å². The van der Waals surface area contributed by atoms with Gasteiger partial charge >= 0.3 is 18.0 Å². The summed E-state index contributed by atoms with van der Waals surface area (Å²) in [5.74, 6) is -3.30. The van der Waals surface area contributed by atoms with Crippen LogP contribution in [0, 0.1) is 0 Å². The van der Waals surface area contributed by atoms with Crippen molar-refractivity contribution in [3.8, 4) is 0 Å². The first kappa shape index (κ1) is 19.7. The highest BCUT2D eigenvalue weighted by Crippen LogP contribution is 2.36. The topological polar surface area (TPSA) is 130 Å². The number of ether oxygens (including phenoxy) is 3. The summed E-state index contributed by atoms with van der Waals surface area (Å²) < 4.78 is 14.6. The SMILES string of the molecule is COC(=O)C(=O)N1C(=O)[C@](C)(NC(=O)OCc2ccccc2)[C@@H]1C1OCOO1. The van der Waals surface area contributed by atoms with Crippen LogP contribution >= 0.6 is 0 Å². The average molecular weight is 394 g/mol. The Balaban J connectivity index is 1.72. The van der Waals surface area contributed by atoms with Gasteiger partial charge in [-0.15, -0.1) is 0 Å². The Kier molecular flexibility index (Phi) is 5.58. The highest BCUT2D eigenvalue weighted by Gasteiger charge is 2.66. The molecule has 3 rings (SSSR count). The van der Waals surface area contributed by atoms with E-state index in [0.29, 0.717) is 4.90 Å². The molecule has 0 bridgehead atoms. The highest BCUT2D eigenvalue weighted by molar-refractivity contribution is 6.37. The summed E-state index contributed by atoms with van der Waals surface area (Å²) in [5, 5.41) is 2.41. The molecule has 1 N–H and O–H groups in total. The Hall–Kier alpha value is -3.02. The fraction of sp³-hybridized carbons (Fsp3) is 0.412. The molecule has 3 atom stereocenters. The third-order valence-electron chi connectivity index (χ3n) is 4.39. The third-order valence-corrected chi connectivity index (χ3v) is 4.39. The van der Waals surface area contributed by atoms with Gasteiger partial charge in [0.1, 0.15) is 18.2 Å². The van der Waals surface area contributed by atoms with Crippen molar-refractivity contribution < 1.29 is 43.2 Å². The molecule has 28 heavy (non-hydrogen) atoms. The molecule has 2 aliphatic rings. The molecular formula is C17H18N2O9. The number of esters is 1. The third kappa shape index (κ3) is 3.54. The van der Waals surface area contributed by atoms with Crippen molar-refractivity contribution in [3.05, 3.63) is 35.9 Å². The largest absolute Gasteiger partial charge is 0.462 e. The first-order chi connectivity index (χ1) is 13.4. The number of carbonyl (C=O) groups excluding carboxylic acids is 4. The summed E-state index contributed by atoms with van der Waals surface area (Å²) in [5.41, 5.74) is -0.881. The van der Waals surface area contributed by atoms with Crippen molar-refractivity contribution in [3.63, 3.8) is 0 Å². The average Bonchev–Trinajstić information content (AvgIpc) is 3.23. The predicted octanol–water partition coefficient (Wildman–Crippen LogP) is -0.156. The molecule has 0 aromatic heterocycles. The van der Waals surface area contributed by atoms with Crippen molar-refractivity contribution in [2.45, 2.75) is 31.4 Å². The first-order valence-electron chi connectivity index (χ1n) is 8.23. The fourth-order valence-corrected chi connectivity index (χ4v) is 2.95. The Morgan fingerprint density at radius 3 is 2.61 bits per heavy atom. The summed E-state index contributed by atoms with van der Waals surface area (Å²) in [7, 11) is 1.00. The first-order valence-corrected chi connectivity index (χ1v) is 8.23. The van der Waals surface area contributed by atoms with Crippen LogP contribution in [0.15, 0.2) is 30.3 Å². The number of rotatable bonds is 4. The van der Waals surface area contributed by atoms with Crippen molar-refractivity contribution in [2.75, 3.05) is 13.9 Å². The van der Waals surface area contributed by atoms with Crippen molar-refractivity contribution >= 4 is 23.9 Å². The van der Waals surface area contributed by atoms with Crippen molar-refractivity contribution in [1.29, 1.82) is 0 Å². The summed E-state index contributed by atoms with van der Waals surface area (Å²) >= 11 is 0. The molecule has 2 aliphatic heterocycles. The maximum Gasteiger partial charge on any atom is 0.408 e. The van der Waals surface area contributed by atoms with Crippen LogP contribution in [0.25, 0.3) is 0 Å². The van der Waals surface area contributed by atoms with E-state index >= 15 is 0 Å². The molecule has 1 unspecified atom stereocenters. The Morgan fingerprint density at radius 2 is 2.00 bits per heavy atom. The molecule has 150 valence electrons. The monoisotopic (exact) mass is 394 g/mol. The van der Waals surface area contributed by atoms with E-state index in [1.807, 2.05) is 6.07 Å². The summed E-state index contributed by atoms with van der Waals surface area (Å²) in [6.45, 7) is 1.09. The second-order valence-electron chi connectivity index (χ2n) is 6.17. The number of hydrogen-bond donors (Lipinski definition) is 1. The number of likely N-dealkylation sites (tertiary alicyclic amines) is 1. The molecule has 0 radical (unpaired) electrons. The van der Waals surface area contributed by atoms with Crippen molar-refractivity contribution in [1.82, 2.24) is 10.2 Å². The molecule has 11 heteroatoms. The summed E-state index contributed by atoms with van der Waals surface area (Å²) in [6.07, 6.45) is -2.10. The van der Waals surface area contributed by atoms with Crippen LogP contribution in [0.4, 0.5) is 4.79 Å². The van der Waals surface area contributed by atoms with Crippen LogP contribution in [0.2, 0.25) is 0 Å². The molecular weight excluding hydrogens is 376 g/mol. The molecule has 1 aromatic carbocycles. The lowest BCUT2D eigenvalue weighted by Crippen LogP contribution is -2.83. The van der Waals surface area contributed by atoms with E-state index in [4.69, 9.17) is 14.4 Å². The number of hydrogen-bond acceptors (Lipinski definition) is 9. The van der Waals surface area contributed by atoms with Gasteiger partial charge < -0.3 is 19.5 Å². The molecule has 2 saturated heterocycles. The number of β-lactam (4-membered cyclic amide) rings is 1. The maximum atomic E-state index is 12.6. The van der Waals surface area contributed by atoms with Gasteiger partial charge in [0.25, 0.3) is 5.91 Å². The number of amides is 3. The highest BCUT2D eigenvalue weighted by atomic mass is 17.3. The number of carbonyl (C=O) groups is 4. The molecule has 11 nitrogen and oxygen atoms in total. The number of methoxy groups -OCH3 is 1. The Labute approximate surface area is 159 Å². The number of benzene rings is 1. The van der Waals surface area contributed by atoms with Gasteiger partial charge in [-0.05, 0) is 12.5 Å². The zero-order valence-electron chi connectivity index (χ0n) is 15.1. The minimum absolute atomic E-state index is 0.0219. The van der Waals surface area contributed by atoms with Gasteiger partial charge in [-0.1, -0.05) is 30.3 Å². The minimum Gasteiger partial charge on any atom is -0.462 e. The fourth-order valence-electron chi connectivity index (χ4n) is 2.95. The van der Waals surface area contributed by atoms with Gasteiger partial charge in [-0.3, -0.25) is 14.5 Å². The van der Waals surface area contributed by atoms with Crippen LogP contribution in [-0.2, 0) is 45.0 Å². The molecule has 2 heterocycles. The number of nitrogens with zero attached hydrogens (tertiary/aromatic N) is 1. The van der Waals surface area contributed by atoms with Crippen molar-refractivity contribution in [2.24, 2.45) is 0 Å². The van der Waals surface area contributed by atoms with E-state index in [2.05, 4.69) is 14.9 Å². The second-order valence-corrected chi connectivity index (χ2v) is 6.17. The van der Waals surface area contributed by atoms with E-state index in [9.17, 15) is 19.2 Å². The van der Waals surface area contributed by atoms with Gasteiger partial charge in [0, 0.05) is 0 Å². The molecule has 1 aromatic rings. The normalized spacial score (nSPS) is 26.4. The number of imide groups is 1. The zero-order chi connectivity index (χ0) is 20.3. The van der Waals surface area contributed by atoms with Crippen LogP contribution in [0.1, 0.15) is 12.5 Å². The minimum atomic E-state index is -1.63. The van der Waals surface area contributed by atoms with Gasteiger partial charge in [-0.2, -0.15) is 4.89 Å². The molecule has 0 saturated carbocycles. The standard InChI is InChI=1S/C17H18N2O9/c1-17(18-16(23)25-8-10-6-4-3-5-7-10)11(14-26-9-27-28-14)19(15(17)22)12(20)13(21)24-2/h3-7,11,14H,8-9H2,1-2H3,(H,18,23)/t11-,14?,17+/m0/s1. The van der Waals surface area contributed by atoms with Crippen LogP contribution in [0.3, 0.4) is 0 Å². The predicted molar refractivity (Wildman–Crippen MR) is 87.7 cm³/mol. The van der Waals surface area contributed by atoms with Gasteiger partial charge in [-0.25, -0.2) is 14.5 Å². The number of alkyl carbamates (subject to hydrolysis) is 1. The smallest absolute Gasteiger partial charge is 0.408 e. The van der Waals surface area contributed by atoms with E-state index in [-0.39, 0.29) is 13.4 Å². The lowest BCUT2D eigenvalue weighted by Gasteiger charge is -2.52. The van der Waals surface area contributed by atoms with Crippen LogP contribution in [-0.4, -0.2) is 60.6 Å². The molecule has 0 spiro atoms. The lowest BCUT2D eigenvalue weighted by atomic mass is 9.79. The molecule has 0 aliphatic carbocycles. The quantitative estimate of drug-likeness (QED) is 0.320. The number of nitrogens with one attached hydrogen (secondary N) is 1. The Morgan fingerprint density at radius 1 is 1.29 bits per heavy atom. The summed E-state index contributed by atoms with van der Waals surface area (Å²) in [4.78, 5) is 58.6. The van der Waals surface area contributed by atoms with E-state index in [0.717, 1.165) is 12.7 Å². The van der Waals surface area contributed by atoms with Gasteiger partial charge in [0.15, 0.2) is 6.79 Å². The van der Waals surface area contributed by atoms with Gasteiger partial charge in [0.05, 0.1) is 7.11 Å². The Bertz CT molecular complexity index is 778. The van der Waals surface area contributed by atoms with E-state index < -0.39 is 41.7 Å². The molecule has 3 amide bonds. The van der Waals surface area contributed by atoms with Crippen LogP contribution in [0.5, 0.6) is 0 Å². The van der Waals surface area contributed by atoms with Crippen LogP contribution < -0.4 is 5.32 Å². The lowest BCUT2D eigenvalue weighted by molar-refractivity contribution is -0.296. The maximum absolute atomic E-state index is 12.6. The zero-order valence-corrected chi connectivity index (χ0v) is 15.1. The summed E-state index contributed by atoms with van der Waals surface area (Å²) in [6, 6.07) is 7.75. The van der Waals surface area contributed by atoms with E-state index in [1.165, 1.54) is 6.92 Å². The van der Waals surface area contributed by atoms with Gasteiger partial charge in [0.2, 0.25) is 6.29 Å². The molecule has 2 fully saturated rings. The second kappa shape index (κ2) is 7.92.